The van der Waals surface area contributed by atoms with Gasteiger partial charge in [0.25, 0.3) is 0 Å². The summed E-state index contributed by atoms with van der Waals surface area (Å²) in [7, 11) is 0. The highest BCUT2D eigenvalue weighted by Gasteiger charge is 2.23. The molecule has 4 rings (SSSR count). The minimum absolute atomic E-state index is 0.113. The number of benzene rings is 1. The SMILES string of the molecule is Fc1cccc(C(CNCc2cn[nH]c2-c2cccs2)N2CCOCC2)c1. The van der Waals surface area contributed by atoms with Crippen molar-refractivity contribution in [1.29, 1.82) is 0 Å². The second kappa shape index (κ2) is 8.75. The van der Waals surface area contributed by atoms with Gasteiger partial charge in [-0.15, -0.1) is 11.3 Å². The molecule has 1 saturated heterocycles. The van der Waals surface area contributed by atoms with Crippen LogP contribution < -0.4 is 5.32 Å². The molecule has 2 N–H and O–H groups in total. The van der Waals surface area contributed by atoms with Crippen LogP contribution in [-0.2, 0) is 11.3 Å². The average molecular weight is 386 g/mol. The first kappa shape index (κ1) is 18.3. The highest BCUT2D eigenvalue weighted by Crippen LogP contribution is 2.26. The summed E-state index contributed by atoms with van der Waals surface area (Å²) in [6.07, 6.45) is 1.87. The molecule has 1 aliphatic rings. The number of hydrogen-bond acceptors (Lipinski definition) is 5. The molecule has 0 bridgehead atoms. The van der Waals surface area contributed by atoms with Crippen molar-refractivity contribution in [3.8, 4) is 10.6 Å². The van der Waals surface area contributed by atoms with Crippen molar-refractivity contribution < 1.29 is 9.13 Å². The zero-order valence-electron chi connectivity index (χ0n) is 15.0. The molecule has 142 valence electrons. The van der Waals surface area contributed by atoms with Gasteiger partial charge in [0, 0.05) is 37.8 Å². The van der Waals surface area contributed by atoms with Gasteiger partial charge in [-0.2, -0.15) is 5.10 Å². The Labute approximate surface area is 162 Å². The molecular formula is C20H23FN4OS. The molecule has 1 aliphatic heterocycles. The lowest BCUT2D eigenvalue weighted by Crippen LogP contribution is -2.42. The number of halogens is 1. The number of morpholine rings is 1. The third-order valence-electron chi connectivity index (χ3n) is 4.86. The molecular weight excluding hydrogens is 363 g/mol. The fourth-order valence-corrected chi connectivity index (χ4v) is 4.24. The molecule has 1 unspecified atom stereocenters. The van der Waals surface area contributed by atoms with E-state index in [4.69, 9.17) is 4.74 Å². The summed E-state index contributed by atoms with van der Waals surface area (Å²) in [5.41, 5.74) is 3.19. The Bertz CT molecular complexity index is 845. The smallest absolute Gasteiger partial charge is 0.123 e. The molecule has 1 aromatic carbocycles. The van der Waals surface area contributed by atoms with E-state index in [0.29, 0.717) is 6.54 Å². The molecule has 3 heterocycles. The van der Waals surface area contributed by atoms with E-state index >= 15 is 0 Å². The number of aromatic nitrogens is 2. The first-order chi connectivity index (χ1) is 13.3. The Hall–Kier alpha value is -2.06. The Morgan fingerprint density at radius 3 is 2.93 bits per heavy atom. The summed E-state index contributed by atoms with van der Waals surface area (Å²) in [4.78, 5) is 3.54. The van der Waals surface area contributed by atoms with Crippen LogP contribution in [-0.4, -0.2) is 47.9 Å². The molecule has 0 spiro atoms. The predicted octanol–water partition coefficient (Wildman–Crippen LogP) is 3.44. The van der Waals surface area contributed by atoms with Gasteiger partial charge in [-0.25, -0.2) is 4.39 Å². The highest BCUT2D eigenvalue weighted by molar-refractivity contribution is 7.13. The maximum atomic E-state index is 13.8. The van der Waals surface area contributed by atoms with Crippen molar-refractivity contribution in [3.05, 3.63) is 64.9 Å². The van der Waals surface area contributed by atoms with E-state index in [9.17, 15) is 4.39 Å². The number of hydrogen-bond donors (Lipinski definition) is 2. The second-order valence-corrected chi connectivity index (χ2v) is 7.55. The van der Waals surface area contributed by atoms with Gasteiger partial charge < -0.3 is 10.1 Å². The van der Waals surface area contributed by atoms with Crippen molar-refractivity contribution in [2.24, 2.45) is 0 Å². The number of ether oxygens (including phenoxy) is 1. The molecule has 0 amide bonds. The molecule has 2 aromatic heterocycles. The van der Waals surface area contributed by atoms with Crippen LogP contribution in [0.5, 0.6) is 0 Å². The van der Waals surface area contributed by atoms with Crippen LogP contribution in [0.1, 0.15) is 17.2 Å². The zero-order valence-corrected chi connectivity index (χ0v) is 15.8. The molecule has 5 nitrogen and oxygen atoms in total. The number of H-pyrrole nitrogens is 1. The van der Waals surface area contributed by atoms with Crippen molar-refractivity contribution in [2.75, 3.05) is 32.8 Å². The van der Waals surface area contributed by atoms with Gasteiger partial charge in [0.2, 0.25) is 0 Å². The van der Waals surface area contributed by atoms with Gasteiger partial charge in [0.1, 0.15) is 5.82 Å². The summed E-state index contributed by atoms with van der Waals surface area (Å²) < 4.78 is 19.3. The standard InChI is InChI=1S/C20H23FN4OS/c21-17-4-1-3-15(11-17)18(25-6-8-26-9-7-25)14-22-12-16-13-23-24-20(16)19-5-2-10-27-19/h1-5,10-11,13,18,22H,6-9,12,14H2,(H,23,24). The maximum absolute atomic E-state index is 13.8. The fourth-order valence-electron chi connectivity index (χ4n) is 3.48. The summed E-state index contributed by atoms with van der Waals surface area (Å²) in [6, 6.07) is 11.1. The lowest BCUT2D eigenvalue weighted by Gasteiger charge is -2.35. The monoisotopic (exact) mass is 386 g/mol. The van der Waals surface area contributed by atoms with Crippen LogP contribution in [0, 0.1) is 5.82 Å². The summed E-state index contributed by atoms with van der Waals surface area (Å²) in [6.45, 7) is 4.59. The largest absolute Gasteiger partial charge is 0.379 e. The molecule has 0 aliphatic carbocycles. The van der Waals surface area contributed by atoms with E-state index in [1.165, 1.54) is 10.9 Å². The third-order valence-corrected chi connectivity index (χ3v) is 5.75. The average Bonchev–Trinajstić information content (AvgIpc) is 3.37. The van der Waals surface area contributed by atoms with Gasteiger partial charge in [-0.1, -0.05) is 18.2 Å². The predicted molar refractivity (Wildman–Crippen MR) is 105 cm³/mol. The van der Waals surface area contributed by atoms with Crippen molar-refractivity contribution in [2.45, 2.75) is 12.6 Å². The van der Waals surface area contributed by atoms with E-state index in [1.54, 1.807) is 23.5 Å². The van der Waals surface area contributed by atoms with E-state index in [1.807, 2.05) is 18.3 Å². The summed E-state index contributed by atoms with van der Waals surface area (Å²) in [5, 5.41) is 12.9. The Kier molecular flexibility index (Phi) is 5.94. The Morgan fingerprint density at radius 2 is 2.15 bits per heavy atom. The maximum Gasteiger partial charge on any atom is 0.123 e. The van der Waals surface area contributed by atoms with E-state index in [2.05, 4.69) is 31.9 Å². The first-order valence-electron chi connectivity index (χ1n) is 9.15. The Morgan fingerprint density at radius 1 is 1.26 bits per heavy atom. The normalized spacial score (nSPS) is 16.5. The van der Waals surface area contributed by atoms with Gasteiger partial charge in [0.05, 0.1) is 30.0 Å². The van der Waals surface area contributed by atoms with Crippen LogP contribution in [0.3, 0.4) is 0 Å². The zero-order chi connectivity index (χ0) is 18.5. The molecule has 0 radical (unpaired) electrons. The Balaban J connectivity index is 1.45. The second-order valence-electron chi connectivity index (χ2n) is 6.60. The van der Waals surface area contributed by atoms with Gasteiger partial charge in [0.15, 0.2) is 0 Å². The minimum atomic E-state index is -0.194. The summed E-state index contributed by atoms with van der Waals surface area (Å²) in [5.74, 6) is -0.194. The molecule has 7 heteroatoms. The molecule has 1 fully saturated rings. The number of aromatic amines is 1. The highest BCUT2D eigenvalue weighted by atomic mass is 32.1. The number of nitrogens with one attached hydrogen (secondary N) is 2. The van der Waals surface area contributed by atoms with Crippen molar-refractivity contribution in [3.63, 3.8) is 0 Å². The lowest BCUT2D eigenvalue weighted by atomic mass is 10.0. The van der Waals surface area contributed by atoms with E-state index < -0.39 is 0 Å². The van der Waals surface area contributed by atoms with Crippen LogP contribution in [0.15, 0.2) is 48.0 Å². The first-order valence-corrected chi connectivity index (χ1v) is 10.0. The quantitative estimate of drug-likeness (QED) is 0.653. The molecule has 0 saturated carbocycles. The number of rotatable bonds is 7. The lowest BCUT2D eigenvalue weighted by molar-refractivity contribution is 0.0160. The van der Waals surface area contributed by atoms with E-state index in [0.717, 1.165) is 49.7 Å². The minimum Gasteiger partial charge on any atom is -0.379 e. The topological polar surface area (TPSA) is 53.2 Å². The van der Waals surface area contributed by atoms with Gasteiger partial charge in [-0.05, 0) is 29.1 Å². The van der Waals surface area contributed by atoms with Crippen LogP contribution in [0.2, 0.25) is 0 Å². The van der Waals surface area contributed by atoms with Crippen molar-refractivity contribution >= 4 is 11.3 Å². The summed E-state index contributed by atoms with van der Waals surface area (Å²) >= 11 is 1.69. The van der Waals surface area contributed by atoms with Gasteiger partial charge >= 0.3 is 0 Å². The number of nitrogens with zero attached hydrogens (tertiary/aromatic N) is 2. The molecule has 3 aromatic rings. The van der Waals surface area contributed by atoms with Crippen LogP contribution in [0.4, 0.5) is 4.39 Å². The van der Waals surface area contributed by atoms with Crippen LogP contribution >= 0.6 is 11.3 Å². The van der Waals surface area contributed by atoms with Crippen LogP contribution in [0.25, 0.3) is 10.6 Å². The van der Waals surface area contributed by atoms with Gasteiger partial charge in [-0.3, -0.25) is 10.00 Å². The molecule has 27 heavy (non-hydrogen) atoms. The third kappa shape index (κ3) is 4.44. The fraction of sp³-hybridized carbons (Fsp3) is 0.350. The van der Waals surface area contributed by atoms with E-state index in [-0.39, 0.29) is 11.9 Å². The number of thiophene rings is 1. The molecule has 1 atom stereocenters. The van der Waals surface area contributed by atoms with Crippen molar-refractivity contribution in [1.82, 2.24) is 20.4 Å².